The third kappa shape index (κ3) is 6.51. The molecule has 0 saturated carbocycles. The van der Waals surface area contributed by atoms with E-state index in [1.54, 1.807) is 24.4 Å². The van der Waals surface area contributed by atoms with Crippen molar-refractivity contribution in [3.05, 3.63) is 75.3 Å². The summed E-state index contributed by atoms with van der Waals surface area (Å²) in [5, 5.41) is 8.24. The number of oxime groups is 1. The smallest absolute Gasteiger partial charge is 0.374 e. The predicted molar refractivity (Wildman–Crippen MR) is 128 cm³/mol. The maximum absolute atomic E-state index is 14.2. The summed E-state index contributed by atoms with van der Waals surface area (Å²) in [6.07, 6.45) is -10.0. The number of halogens is 8. The van der Waals surface area contributed by atoms with E-state index in [0.717, 1.165) is 12.1 Å². The first-order chi connectivity index (χ1) is 17.0. The molecule has 1 aliphatic rings. The molecule has 0 fully saturated rings. The SMILES string of the molecule is C=C(NC(C)C(=O)NCC(F)(F)F)c1ccc(C2=NOC(c3cc(Cl)cc(Cl)c3)(C(F)(F)F)C2)cc1C. The quantitative estimate of drug-likeness (QED) is 0.375. The Morgan fingerprint density at radius 3 is 2.30 bits per heavy atom. The van der Waals surface area contributed by atoms with Gasteiger partial charge in [0, 0.05) is 27.7 Å². The lowest BCUT2D eigenvalue weighted by Crippen LogP contribution is -2.44. The van der Waals surface area contributed by atoms with Crippen LogP contribution in [0.4, 0.5) is 26.3 Å². The van der Waals surface area contributed by atoms with Crippen molar-refractivity contribution in [2.75, 3.05) is 6.54 Å². The highest BCUT2D eigenvalue weighted by atomic mass is 35.5. The molecule has 13 heteroatoms. The molecule has 0 radical (unpaired) electrons. The molecule has 2 aromatic rings. The van der Waals surface area contributed by atoms with Crippen molar-refractivity contribution in [2.24, 2.45) is 5.16 Å². The fraction of sp³-hybridized carbons (Fsp3) is 0.333. The predicted octanol–water partition coefficient (Wildman–Crippen LogP) is 6.51. The van der Waals surface area contributed by atoms with Gasteiger partial charge in [-0.15, -0.1) is 0 Å². The van der Waals surface area contributed by atoms with Crippen molar-refractivity contribution in [3.8, 4) is 0 Å². The number of rotatable bonds is 7. The maximum atomic E-state index is 14.2. The molecule has 3 rings (SSSR count). The molecule has 0 saturated heterocycles. The van der Waals surface area contributed by atoms with Crippen LogP contribution in [0.15, 0.2) is 48.1 Å². The summed E-state index contributed by atoms with van der Waals surface area (Å²) in [4.78, 5) is 16.9. The standard InChI is InChI=1S/C24H21Cl2F6N3O2/c1-12-6-15(4-5-19(12)13(2)34-14(3)21(36)33-11-23(27,28)29)20-10-22(37-35-20,24(30,31)32)16-7-17(25)9-18(26)8-16/h4-9,14,34H,2,10-11H2,1,3H3,(H,33,36). The fourth-order valence-electron chi connectivity index (χ4n) is 3.77. The van der Waals surface area contributed by atoms with Gasteiger partial charge in [-0.2, -0.15) is 26.3 Å². The van der Waals surface area contributed by atoms with E-state index in [1.165, 1.54) is 19.1 Å². The van der Waals surface area contributed by atoms with Crippen LogP contribution in [0.5, 0.6) is 0 Å². The van der Waals surface area contributed by atoms with Crippen LogP contribution in [0, 0.1) is 6.92 Å². The maximum Gasteiger partial charge on any atom is 0.435 e. The van der Waals surface area contributed by atoms with Gasteiger partial charge < -0.3 is 15.5 Å². The number of benzene rings is 2. The van der Waals surface area contributed by atoms with Crippen LogP contribution in [-0.2, 0) is 15.2 Å². The Hall–Kier alpha value is -2.92. The minimum atomic E-state index is -4.84. The molecule has 0 aromatic heterocycles. The number of carbonyl (C=O) groups excluding carboxylic acids is 1. The van der Waals surface area contributed by atoms with Crippen molar-refractivity contribution >= 4 is 40.5 Å². The largest absolute Gasteiger partial charge is 0.435 e. The summed E-state index contributed by atoms with van der Waals surface area (Å²) in [6, 6.07) is 7.13. The summed E-state index contributed by atoms with van der Waals surface area (Å²) in [5.41, 5.74) is -1.39. The van der Waals surface area contributed by atoms with Crippen LogP contribution < -0.4 is 10.6 Å². The first kappa shape index (κ1) is 28.6. The van der Waals surface area contributed by atoms with Gasteiger partial charge in [0.05, 0.1) is 5.71 Å². The molecule has 2 unspecified atom stereocenters. The molecule has 200 valence electrons. The van der Waals surface area contributed by atoms with Gasteiger partial charge in [0.25, 0.3) is 5.60 Å². The van der Waals surface area contributed by atoms with Gasteiger partial charge in [0.2, 0.25) is 5.91 Å². The second-order valence-corrected chi connectivity index (χ2v) is 9.37. The molecule has 2 aromatic carbocycles. The van der Waals surface area contributed by atoms with E-state index >= 15 is 0 Å². The molecular formula is C24H21Cl2F6N3O2. The monoisotopic (exact) mass is 567 g/mol. The van der Waals surface area contributed by atoms with Gasteiger partial charge in [0.1, 0.15) is 12.6 Å². The molecule has 1 heterocycles. The number of alkyl halides is 6. The van der Waals surface area contributed by atoms with E-state index in [0.29, 0.717) is 16.7 Å². The zero-order valence-electron chi connectivity index (χ0n) is 19.5. The van der Waals surface area contributed by atoms with Crippen LogP contribution in [0.2, 0.25) is 10.0 Å². The van der Waals surface area contributed by atoms with Crippen LogP contribution in [0.1, 0.15) is 35.6 Å². The molecule has 0 spiro atoms. The van der Waals surface area contributed by atoms with Crippen LogP contribution >= 0.6 is 23.2 Å². The molecule has 2 N–H and O–H groups in total. The molecule has 0 bridgehead atoms. The van der Waals surface area contributed by atoms with Gasteiger partial charge in [0.15, 0.2) is 0 Å². The Kier molecular flexibility index (Phi) is 8.09. The lowest BCUT2D eigenvalue weighted by Gasteiger charge is -2.29. The topological polar surface area (TPSA) is 62.7 Å². The minimum absolute atomic E-state index is 0.00991. The van der Waals surface area contributed by atoms with E-state index in [4.69, 9.17) is 28.0 Å². The average molecular weight is 568 g/mol. The number of amides is 1. The highest BCUT2D eigenvalue weighted by Gasteiger charge is 2.62. The number of nitrogens with one attached hydrogen (secondary N) is 2. The van der Waals surface area contributed by atoms with Crippen molar-refractivity contribution in [1.29, 1.82) is 0 Å². The first-order valence-corrected chi connectivity index (χ1v) is 11.5. The Morgan fingerprint density at radius 1 is 1.14 bits per heavy atom. The van der Waals surface area contributed by atoms with Gasteiger partial charge >= 0.3 is 12.4 Å². The molecule has 1 aliphatic heterocycles. The third-order valence-corrected chi connectivity index (χ3v) is 6.08. The zero-order chi connectivity index (χ0) is 27.8. The van der Waals surface area contributed by atoms with E-state index in [2.05, 4.69) is 17.1 Å². The zero-order valence-corrected chi connectivity index (χ0v) is 21.0. The number of nitrogens with zero attached hydrogens (tertiary/aromatic N) is 1. The number of aryl methyl sites for hydroxylation is 1. The summed E-state index contributed by atoms with van der Waals surface area (Å²) in [5.74, 6) is -0.880. The van der Waals surface area contributed by atoms with E-state index in [1.807, 2.05) is 0 Å². The van der Waals surface area contributed by atoms with E-state index in [-0.39, 0.29) is 27.0 Å². The van der Waals surface area contributed by atoms with Gasteiger partial charge in [-0.3, -0.25) is 4.79 Å². The molecule has 5 nitrogen and oxygen atoms in total. The summed E-state index contributed by atoms with van der Waals surface area (Å²) in [7, 11) is 0. The Bertz CT molecular complexity index is 1230. The Morgan fingerprint density at radius 2 is 1.76 bits per heavy atom. The average Bonchev–Trinajstić information content (AvgIpc) is 3.23. The number of hydrogen-bond acceptors (Lipinski definition) is 4. The third-order valence-electron chi connectivity index (χ3n) is 5.65. The summed E-state index contributed by atoms with van der Waals surface area (Å²) < 4.78 is 79.6. The number of carbonyl (C=O) groups is 1. The minimum Gasteiger partial charge on any atom is -0.374 e. The lowest BCUT2D eigenvalue weighted by molar-refractivity contribution is -0.275. The van der Waals surface area contributed by atoms with E-state index in [9.17, 15) is 31.1 Å². The first-order valence-electron chi connectivity index (χ1n) is 10.7. The molecule has 37 heavy (non-hydrogen) atoms. The highest BCUT2D eigenvalue weighted by Crippen LogP contribution is 2.49. The van der Waals surface area contributed by atoms with Crippen molar-refractivity contribution in [3.63, 3.8) is 0 Å². The summed E-state index contributed by atoms with van der Waals surface area (Å²) >= 11 is 11.8. The fourth-order valence-corrected chi connectivity index (χ4v) is 4.30. The normalized spacial score (nSPS) is 18.6. The van der Waals surface area contributed by atoms with Crippen LogP contribution in [0.25, 0.3) is 5.70 Å². The van der Waals surface area contributed by atoms with Gasteiger partial charge in [-0.1, -0.05) is 47.1 Å². The highest BCUT2D eigenvalue weighted by molar-refractivity contribution is 6.34. The van der Waals surface area contributed by atoms with Crippen molar-refractivity contribution in [1.82, 2.24) is 10.6 Å². The van der Waals surface area contributed by atoms with Crippen LogP contribution in [-0.4, -0.2) is 36.6 Å². The lowest BCUT2D eigenvalue weighted by atomic mass is 9.86. The second-order valence-electron chi connectivity index (χ2n) is 8.50. The molecular weight excluding hydrogens is 547 g/mol. The molecule has 2 atom stereocenters. The van der Waals surface area contributed by atoms with Gasteiger partial charge in [-0.25, -0.2) is 0 Å². The van der Waals surface area contributed by atoms with Crippen molar-refractivity contribution in [2.45, 2.75) is 44.3 Å². The molecule has 0 aliphatic carbocycles. The Labute approximate surface area is 218 Å². The number of hydrogen-bond donors (Lipinski definition) is 2. The summed E-state index contributed by atoms with van der Waals surface area (Å²) in [6.45, 7) is 5.37. The van der Waals surface area contributed by atoms with E-state index < -0.39 is 42.9 Å². The van der Waals surface area contributed by atoms with Crippen molar-refractivity contribution < 1.29 is 36.0 Å². The van der Waals surface area contributed by atoms with Crippen LogP contribution in [0.3, 0.4) is 0 Å². The Balaban J connectivity index is 1.78. The van der Waals surface area contributed by atoms with Gasteiger partial charge in [-0.05, 0) is 54.8 Å². The molecule has 1 amide bonds. The second kappa shape index (κ2) is 10.4.